The number of esters is 1. The Kier molecular flexibility index (Phi) is 6.53. The van der Waals surface area contributed by atoms with Gasteiger partial charge in [-0.3, -0.25) is 9.59 Å². The Bertz CT molecular complexity index is 1210. The highest BCUT2D eigenvalue weighted by atomic mass is 16.5. The lowest BCUT2D eigenvalue weighted by atomic mass is 10.1. The van der Waals surface area contributed by atoms with Gasteiger partial charge in [-0.2, -0.15) is 0 Å². The van der Waals surface area contributed by atoms with Crippen LogP contribution in [0.25, 0.3) is 11.3 Å². The summed E-state index contributed by atoms with van der Waals surface area (Å²) in [6, 6.07) is 14.7. The quantitative estimate of drug-likeness (QED) is 0.606. The smallest absolute Gasteiger partial charge is 0.339 e. The fraction of sp³-hybridized carbons (Fsp3) is 0.280. The van der Waals surface area contributed by atoms with Crippen LogP contribution in [-0.4, -0.2) is 59.5 Å². The zero-order valence-electron chi connectivity index (χ0n) is 18.7. The minimum atomic E-state index is -0.398. The van der Waals surface area contributed by atoms with E-state index in [0.29, 0.717) is 44.0 Å². The van der Waals surface area contributed by atoms with E-state index >= 15 is 0 Å². The molecule has 3 heterocycles. The van der Waals surface area contributed by atoms with Crippen LogP contribution in [0.4, 0.5) is 5.82 Å². The average Bonchev–Trinajstić information content (AvgIpc) is 2.84. The third-order valence-electron chi connectivity index (χ3n) is 5.62. The highest BCUT2D eigenvalue weighted by molar-refractivity contribution is 5.94. The van der Waals surface area contributed by atoms with E-state index in [1.165, 1.54) is 6.20 Å². The summed E-state index contributed by atoms with van der Waals surface area (Å²) in [7, 11) is 0. The van der Waals surface area contributed by atoms with Gasteiger partial charge >= 0.3 is 5.97 Å². The van der Waals surface area contributed by atoms with Gasteiger partial charge in [-0.15, -0.1) is 0 Å². The van der Waals surface area contributed by atoms with Gasteiger partial charge in [-0.05, 0) is 49.7 Å². The Morgan fingerprint density at radius 1 is 1.06 bits per heavy atom. The number of hydrogen-bond acceptors (Lipinski definition) is 6. The molecule has 0 unspecified atom stereocenters. The van der Waals surface area contributed by atoms with E-state index in [-0.39, 0.29) is 11.5 Å². The van der Waals surface area contributed by atoms with Crippen LogP contribution in [-0.2, 0) is 4.74 Å². The summed E-state index contributed by atoms with van der Waals surface area (Å²) in [5.74, 6) is 0.0541. The highest BCUT2D eigenvalue weighted by Gasteiger charge is 2.25. The van der Waals surface area contributed by atoms with Crippen LogP contribution < -0.4 is 10.5 Å². The number of aromatic nitrogens is 2. The number of nitrogens with zero attached hydrogens (tertiary/aromatic N) is 3. The van der Waals surface area contributed by atoms with Crippen molar-refractivity contribution >= 4 is 17.7 Å². The molecule has 170 valence electrons. The lowest BCUT2D eigenvalue weighted by molar-refractivity contribution is 0.0525. The van der Waals surface area contributed by atoms with Crippen molar-refractivity contribution in [2.75, 3.05) is 37.7 Å². The van der Waals surface area contributed by atoms with E-state index in [1.807, 2.05) is 36.1 Å². The maximum Gasteiger partial charge on any atom is 0.339 e. The van der Waals surface area contributed by atoms with Crippen LogP contribution >= 0.6 is 0 Å². The molecule has 2 aromatic heterocycles. The summed E-state index contributed by atoms with van der Waals surface area (Å²) in [6.07, 6.45) is 1.50. The normalized spacial score (nSPS) is 13.6. The number of amides is 1. The van der Waals surface area contributed by atoms with Crippen LogP contribution in [0.2, 0.25) is 0 Å². The number of hydrogen-bond donors (Lipinski definition) is 1. The van der Waals surface area contributed by atoms with E-state index in [2.05, 4.69) is 9.97 Å². The standard InChI is InChI=1S/C25H26N4O4/c1-3-33-25(32)19-7-10-22(26-16-19)28-11-13-29(14-12-28)24(31)20-8-9-21(27-23(20)30)18-6-4-5-17(2)15-18/h4-10,15-16H,3,11-14H2,1-2H3,(H,27,30). The molecule has 0 bridgehead atoms. The van der Waals surface area contributed by atoms with Gasteiger partial charge in [0.05, 0.1) is 12.2 Å². The Morgan fingerprint density at radius 2 is 1.85 bits per heavy atom. The Balaban J connectivity index is 1.40. The molecule has 1 aliphatic heterocycles. The van der Waals surface area contributed by atoms with Gasteiger partial charge in [0.25, 0.3) is 11.5 Å². The zero-order chi connectivity index (χ0) is 23.4. The predicted octanol–water partition coefficient (Wildman–Crippen LogP) is 2.88. The van der Waals surface area contributed by atoms with Crippen molar-refractivity contribution in [1.29, 1.82) is 0 Å². The number of rotatable bonds is 5. The largest absolute Gasteiger partial charge is 0.462 e. The molecule has 8 heteroatoms. The number of nitrogens with one attached hydrogen (secondary N) is 1. The second-order valence-corrected chi connectivity index (χ2v) is 7.89. The number of carbonyl (C=O) groups excluding carboxylic acids is 2. The van der Waals surface area contributed by atoms with Crippen molar-refractivity contribution in [3.05, 3.63) is 81.8 Å². The molecule has 1 amide bonds. The minimum absolute atomic E-state index is 0.136. The molecule has 0 radical (unpaired) electrons. The van der Waals surface area contributed by atoms with Crippen molar-refractivity contribution in [2.24, 2.45) is 0 Å². The van der Waals surface area contributed by atoms with E-state index in [4.69, 9.17) is 4.74 Å². The first-order valence-corrected chi connectivity index (χ1v) is 10.9. The molecule has 1 fully saturated rings. The van der Waals surface area contributed by atoms with Crippen LogP contribution in [0.5, 0.6) is 0 Å². The maximum absolute atomic E-state index is 13.0. The van der Waals surface area contributed by atoms with Gasteiger partial charge in [0.15, 0.2) is 0 Å². The lowest BCUT2D eigenvalue weighted by Crippen LogP contribution is -2.49. The number of piperazine rings is 1. The van der Waals surface area contributed by atoms with E-state index in [1.54, 1.807) is 36.1 Å². The summed E-state index contributed by atoms with van der Waals surface area (Å²) in [6.45, 7) is 6.16. The summed E-state index contributed by atoms with van der Waals surface area (Å²) < 4.78 is 4.98. The number of pyridine rings is 2. The Hall–Kier alpha value is -3.94. The molecular weight excluding hydrogens is 420 g/mol. The second kappa shape index (κ2) is 9.68. The molecule has 1 N–H and O–H groups in total. The number of aromatic amines is 1. The first-order valence-electron chi connectivity index (χ1n) is 10.9. The molecule has 0 aliphatic carbocycles. The van der Waals surface area contributed by atoms with Crippen LogP contribution in [0, 0.1) is 6.92 Å². The number of benzene rings is 1. The molecular formula is C25H26N4O4. The second-order valence-electron chi connectivity index (χ2n) is 7.89. The molecule has 8 nitrogen and oxygen atoms in total. The number of aryl methyl sites for hydroxylation is 1. The third-order valence-corrected chi connectivity index (χ3v) is 5.62. The van der Waals surface area contributed by atoms with Crippen LogP contribution in [0.1, 0.15) is 33.2 Å². The molecule has 0 atom stereocenters. The molecule has 1 aliphatic rings. The first-order chi connectivity index (χ1) is 16.0. The summed E-state index contributed by atoms with van der Waals surface area (Å²) >= 11 is 0. The molecule has 0 spiro atoms. The molecule has 0 saturated carbocycles. The zero-order valence-corrected chi connectivity index (χ0v) is 18.7. The van der Waals surface area contributed by atoms with Crippen molar-refractivity contribution in [2.45, 2.75) is 13.8 Å². The molecule has 1 saturated heterocycles. The number of carbonyl (C=O) groups is 2. The monoisotopic (exact) mass is 446 g/mol. The molecule has 4 rings (SSSR count). The fourth-order valence-corrected chi connectivity index (χ4v) is 3.84. The Morgan fingerprint density at radius 3 is 2.48 bits per heavy atom. The maximum atomic E-state index is 13.0. The van der Waals surface area contributed by atoms with Gasteiger partial charge in [-0.25, -0.2) is 9.78 Å². The van der Waals surface area contributed by atoms with E-state index < -0.39 is 11.5 Å². The Labute approximate surface area is 191 Å². The van der Waals surface area contributed by atoms with Crippen molar-refractivity contribution in [3.63, 3.8) is 0 Å². The van der Waals surface area contributed by atoms with Gasteiger partial charge in [0.2, 0.25) is 0 Å². The van der Waals surface area contributed by atoms with Gasteiger partial charge in [0.1, 0.15) is 11.4 Å². The van der Waals surface area contributed by atoms with Gasteiger partial charge in [-0.1, -0.05) is 23.8 Å². The minimum Gasteiger partial charge on any atom is -0.462 e. The van der Waals surface area contributed by atoms with E-state index in [9.17, 15) is 14.4 Å². The summed E-state index contributed by atoms with van der Waals surface area (Å²) in [4.78, 5) is 48.3. The molecule has 3 aromatic rings. The summed E-state index contributed by atoms with van der Waals surface area (Å²) in [5, 5.41) is 0. The topological polar surface area (TPSA) is 95.6 Å². The predicted molar refractivity (Wildman–Crippen MR) is 126 cm³/mol. The van der Waals surface area contributed by atoms with Gasteiger partial charge < -0.3 is 19.5 Å². The fourth-order valence-electron chi connectivity index (χ4n) is 3.84. The number of anilines is 1. The first kappa shape index (κ1) is 22.3. The molecule has 33 heavy (non-hydrogen) atoms. The molecule has 1 aromatic carbocycles. The van der Waals surface area contributed by atoms with Crippen molar-refractivity contribution < 1.29 is 14.3 Å². The van der Waals surface area contributed by atoms with Gasteiger partial charge in [0, 0.05) is 38.1 Å². The highest BCUT2D eigenvalue weighted by Crippen LogP contribution is 2.18. The van der Waals surface area contributed by atoms with Crippen molar-refractivity contribution in [3.8, 4) is 11.3 Å². The number of ether oxygens (including phenoxy) is 1. The summed E-state index contributed by atoms with van der Waals surface area (Å²) in [5.41, 5.74) is 2.83. The van der Waals surface area contributed by atoms with Crippen LogP contribution in [0.3, 0.4) is 0 Å². The SMILES string of the molecule is CCOC(=O)c1ccc(N2CCN(C(=O)c3ccc(-c4cccc(C)c4)[nH]c3=O)CC2)nc1. The average molecular weight is 447 g/mol. The number of H-pyrrole nitrogens is 1. The lowest BCUT2D eigenvalue weighted by Gasteiger charge is -2.35. The van der Waals surface area contributed by atoms with E-state index in [0.717, 1.165) is 16.9 Å². The van der Waals surface area contributed by atoms with Crippen molar-refractivity contribution in [1.82, 2.24) is 14.9 Å². The van der Waals surface area contributed by atoms with Crippen LogP contribution in [0.15, 0.2) is 59.5 Å². The third kappa shape index (κ3) is 4.95.